The molecule has 0 aliphatic carbocycles. The van der Waals surface area contributed by atoms with Gasteiger partial charge in [-0.1, -0.05) is 11.6 Å². The molecule has 2 heterocycles. The lowest BCUT2D eigenvalue weighted by Crippen LogP contribution is -2.07. The monoisotopic (exact) mass is 307 g/mol. The first-order valence-corrected chi connectivity index (χ1v) is 7.30. The third-order valence-electron chi connectivity index (χ3n) is 2.17. The van der Waals surface area contributed by atoms with E-state index in [1.165, 1.54) is 6.33 Å². The molecule has 0 unspecified atom stereocenters. The van der Waals surface area contributed by atoms with Crippen LogP contribution in [-0.4, -0.2) is 42.3 Å². The fourth-order valence-electron chi connectivity index (χ4n) is 1.44. The lowest BCUT2D eigenvalue weighted by molar-refractivity contribution is 0.149. The summed E-state index contributed by atoms with van der Waals surface area (Å²) in [7, 11) is -4.15. The number of fused-ring (bicyclic) bond motifs is 1. The highest BCUT2D eigenvalue weighted by Gasteiger charge is 2.13. The fraction of sp³-hybridized carbons (Fsp3) is 0.375. The van der Waals surface area contributed by atoms with Gasteiger partial charge in [-0.2, -0.15) is 9.97 Å². The molecule has 0 fully saturated rings. The number of nitrogen functional groups attached to an aromatic ring is 1. The van der Waals surface area contributed by atoms with Crippen LogP contribution < -0.4 is 5.73 Å². The third-order valence-corrected chi connectivity index (χ3v) is 2.96. The number of rotatable bonds is 5. The van der Waals surface area contributed by atoms with E-state index in [2.05, 4.69) is 15.0 Å². The van der Waals surface area contributed by atoms with E-state index in [9.17, 15) is 4.57 Å². The van der Waals surface area contributed by atoms with E-state index in [4.69, 9.17) is 31.9 Å². The molecular formula is C8H11ClN5O4P. The van der Waals surface area contributed by atoms with Gasteiger partial charge in [0.05, 0.1) is 12.9 Å². The van der Waals surface area contributed by atoms with E-state index in [1.807, 2.05) is 0 Å². The number of hydrogen-bond acceptors (Lipinski definition) is 6. The summed E-state index contributed by atoms with van der Waals surface area (Å²) in [6.07, 6.45) is 0.850. The Labute approximate surface area is 112 Å². The van der Waals surface area contributed by atoms with E-state index in [0.29, 0.717) is 17.7 Å². The molecule has 4 N–H and O–H groups in total. The zero-order chi connectivity index (χ0) is 14.0. The van der Waals surface area contributed by atoms with Crippen LogP contribution in [0.3, 0.4) is 0 Å². The minimum absolute atomic E-state index is 0.0235. The predicted molar refractivity (Wildman–Crippen MR) is 67.6 cm³/mol. The zero-order valence-electron chi connectivity index (χ0n) is 9.60. The summed E-state index contributed by atoms with van der Waals surface area (Å²) >= 11 is 5.86. The van der Waals surface area contributed by atoms with Crippen molar-refractivity contribution >= 4 is 36.3 Å². The Morgan fingerprint density at radius 1 is 1.47 bits per heavy atom. The molecule has 9 nitrogen and oxygen atoms in total. The van der Waals surface area contributed by atoms with Crippen LogP contribution in [-0.2, 0) is 15.8 Å². The Kier molecular flexibility index (Phi) is 4.02. The fourth-order valence-corrected chi connectivity index (χ4v) is 2.02. The van der Waals surface area contributed by atoms with E-state index < -0.39 is 13.9 Å². The van der Waals surface area contributed by atoms with Gasteiger partial charge in [0.15, 0.2) is 10.8 Å². The molecule has 0 radical (unpaired) electrons. The molecule has 0 aromatic carbocycles. The van der Waals surface area contributed by atoms with Gasteiger partial charge in [-0.3, -0.25) is 4.57 Å². The lowest BCUT2D eigenvalue weighted by atomic mass is 10.5. The van der Waals surface area contributed by atoms with Crippen molar-refractivity contribution in [3.8, 4) is 0 Å². The smallest absolute Gasteiger partial charge is 0.350 e. The molecule has 2 aromatic heterocycles. The average Bonchev–Trinajstić information content (AvgIpc) is 2.66. The van der Waals surface area contributed by atoms with Crippen molar-refractivity contribution in [2.24, 2.45) is 0 Å². The van der Waals surface area contributed by atoms with Gasteiger partial charge in [0.25, 0.3) is 0 Å². The summed E-state index contributed by atoms with van der Waals surface area (Å²) in [5.74, 6) is 0.0235. The molecule has 0 bridgehead atoms. The Morgan fingerprint density at radius 2 is 2.21 bits per heavy atom. The molecule has 19 heavy (non-hydrogen) atoms. The van der Waals surface area contributed by atoms with Crippen LogP contribution in [0.25, 0.3) is 11.2 Å². The molecule has 0 spiro atoms. The van der Waals surface area contributed by atoms with Crippen molar-refractivity contribution in [3.63, 3.8) is 0 Å². The summed E-state index contributed by atoms with van der Waals surface area (Å²) in [6, 6.07) is 0. The van der Waals surface area contributed by atoms with Crippen molar-refractivity contribution in [2.75, 3.05) is 18.7 Å². The molecule has 0 aliphatic heterocycles. The largest absolute Gasteiger partial charge is 0.368 e. The number of anilines is 1. The maximum Gasteiger partial charge on any atom is 0.350 e. The quantitative estimate of drug-likeness (QED) is 0.405. The number of ether oxygens (including phenoxy) is 1. The highest BCUT2D eigenvalue weighted by Crippen LogP contribution is 2.33. The minimum Gasteiger partial charge on any atom is -0.368 e. The predicted octanol–water partition coefficient (Wildman–Crippen LogP) is 0.214. The lowest BCUT2D eigenvalue weighted by Gasteiger charge is -2.06. The average molecular weight is 308 g/mol. The van der Waals surface area contributed by atoms with Gasteiger partial charge in [-0.15, -0.1) is 0 Å². The Balaban J connectivity index is 2.07. The van der Waals surface area contributed by atoms with Crippen LogP contribution in [0.2, 0.25) is 5.15 Å². The zero-order valence-corrected chi connectivity index (χ0v) is 11.3. The highest BCUT2D eigenvalue weighted by molar-refractivity contribution is 7.51. The maximum absolute atomic E-state index is 10.6. The van der Waals surface area contributed by atoms with Crippen LogP contribution in [0.15, 0.2) is 6.33 Å². The second kappa shape index (κ2) is 5.40. The second-order valence-electron chi connectivity index (χ2n) is 3.68. The molecule has 2 aromatic rings. The molecule has 0 saturated carbocycles. The molecule has 11 heteroatoms. The standard InChI is InChI=1S/C8H11ClN5O4P/c9-6-5-7(13-8(10)12-6)14(3-11-5)1-2-18-4-19(15,16)17/h3H,1-2,4H2,(H2,10,12,13)(H2,15,16,17). The number of aromatic nitrogens is 4. The van der Waals surface area contributed by atoms with Crippen LogP contribution in [0.4, 0.5) is 5.95 Å². The van der Waals surface area contributed by atoms with Crippen LogP contribution in [0.5, 0.6) is 0 Å². The van der Waals surface area contributed by atoms with E-state index in [-0.39, 0.29) is 17.7 Å². The number of imidazole rings is 1. The topological polar surface area (TPSA) is 136 Å². The molecule has 0 saturated heterocycles. The van der Waals surface area contributed by atoms with Gasteiger partial charge in [0.1, 0.15) is 11.9 Å². The molecule has 2 rings (SSSR count). The van der Waals surface area contributed by atoms with E-state index in [0.717, 1.165) is 0 Å². The van der Waals surface area contributed by atoms with Crippen LogP contribution >= 0.6 is 19.2 Å². The number of halogens is 1. The molecular weight excluding hydrogens is 297 g/mol. The van der Waals surface area contributed by atoms with Gasteiger partial charge in [-0.05, 0) is 0 Å². The molecule has 104 valence electrons. The summed E-state index contributed by atoms with van der Waals surface area (Å²) in [5, 5.41) is 0.150. The Hall–Kier alpha value is -1.25. The minimum atomic E-state index is -4.15. The van der Waals surface area contributed by atoms with Gasteiger partial charge in [-0.25, -0.2) is 4.98 Å². The van der Waals surface area contributed by atoms with E-state index in [1.54, 1.807) is 4.57 Å². The molecule has 0 amide bonds. The SMILES string of the molecule is Nc1nc(Cl)c2ncn(CCOCP(=O)(O)O)c2n1. The summed E-state index contributed by atoms with van der Waals surface area (Å²) in [6.45, 7) is 0.404. The van der Waals surface area contributed by atoms with Crippen LogP contribution in [0.1, 0.15) is 0 Å². The van der Waals surface area contributed by atoms with E-state index >= 15 is 0 Å². The Bertz CT molecular complexity index is 641. The van der Waals surface area contributed by atoms with Gasteiger partial charge >= 0.3 is 7.60 Å². The van der Waals surface area contributed by atoms with Crippen molar-refractivity contribution in [1.82, 2.24) is 19.5 Å². The molecule has 0 aliphatic rings. The Morgan fingerprint density at radius 3 is 2.89 bits per heavy atom. The maximum atomic E-state index is 10.6. The molecule has 0 atom stereocenters. The number of nitrogens with zero attached hydrogens (tertiary/aromatic N) is 4. The van der Waals surface area contributed by atoms with Gasteiger partial charge in [0.2, 0.25) is 5.95 Å². The highest BCUT2D eigenvalue weighted by atomic mass is 35.5. The third kappa shape index (κ3) is 3.62. The summed E-state index contributed by atoms with van der Waals surface area (Å²) < 4.78 is 17.1. The second-order valence-corrected chi connectivity index (χ2v) is 5.63. The van der Waals surface area contributed by atoms with Crippen molar-refractivity contribution in [3.05, 3.63) is 11.5 Å². The van der Waals surface area contributed by atoms with Crippen molar-refractivity contribution < 1.29 is 19.1 Å². The first-order chi connectivity index (χ1) is 8.87. The summed E-state index contributed by atoms with van der Waals surface area (Å²) in [4.78, 5) is 29.1. The van der Waals surface area contributed by atoms with Crippen molar-refractivity contribution in [1.29, 1.82) is 0 Å². The number of nitrogens with two attached hydrogens (primary N) is 1. The summed E-state index contributed by atoms with van der Waals surface area (Å²) in [5.41, 5.74) is 6.33. The van der Waals surface area contributed by atoms with Gasteiger partial charge < -0.3 is 24.8 Å². The van der Waals surface area contributed by atoms with Gasteiger partial charge in [0, 0.05) is 6.54 Å². The normalized spacial score (nSPS) is 12.2. The van der Waals surface area contributed by atoms with Crippen molar-refractivity contribution in [2.45, 2.75) is 6.54 Å². The first-order valence-electron chi connectivity index (χ1n) is 5.13. The first kappa shape index (κ1) is 14.2. The number of hydrogen-bond donors (Lipinski definition) is 3. The van der Waals surface area contributed by atoms with Crippen LogP contribution in [0, 0.1) is 0 Å².